The fourth-order valence-electron chi connectivity index (χ4n) is 2.73. The Hall–Kier alpha value is -4.61. The van der Waals surface area contributed by atoms with Gasteiger partial charge in [-0.1, -0.05) is 36.4 Å². The van der Waals surface area contributed by atoms with E-state index >= 15 is 0 Å². The zero-order valence-electron chi connectivity index (χ0n) is 16.2. The molecular weight excluding hydrogens is 406 g/mol. The second kappa shape index (κ2) is 9.26. The van der Waals surface area contributed by atoms with Gasteiger partial charge >= 0.3 is 5.69 Å². The molecule has 1 amide bonds. The number of rotatable bonds is 8. The van der Waals surface area contributed by atoms with Gasteiger partial charge in [-0.05, 0) is 18.6 Å². The maximum atomic E-state index is 12.3. The number of nitrogens with one attached hydrogen (secondary N) is 3. The van der Waals surface area contributed by atoms with E-state index in [0.29, 0.717) is 0 Å². The van der Waals surface area contributed by atoms with E-state index < -0.39 is 21.4 Å². The number of aromatic nitrogens is 2. The Morgan fingerprint density at radius 3 is 2.35 bits per heavy atom. The van der Waals surface area contributed by atoms with Gasteiger partial charge < -0.3 is 5.32 Å². The second-order valence-corrected chi connectivity index (χ2v) is 6.34. The van der Waals surface area contributed by atoms with Gasteiger partial charge in [-0.2, -0.15) is 0 Å². The highest BCUT2D eigenvalue weighted by atomic mass is 16.6. The van der Waals surface area contributed by atoms with Gasteiger partial charge in [-0.3, -0.25) is 35.9 Å². The number of nitrogens with zero attached hydrogens (tertiary/aromatic N) is 4. The van der Waals surface area contributed by atoms with Gasteiger partial charge in [0, 0.05) is 17.7 Å². The molecule has 31 heavy (non-hydrogen) atoms. The number of hydrogen-bond acceptors (Lipinski definition) is 9. The fourth-order valence-corrected chi connectivity index (χ4v) is 2.73. The minimum atomic E-state index is -0.733. The first-order chi connectivity index (χ1) is 14.9. The van der Waals surface area contributed by atoms with E-state index in [2.05, 4.69) is 26.1 Å². The van der Waals surface area contributed by atoms with Gasteiger partial charge in [0.15, 0.2) is 0 Å². The van der Waals surface area contributed by atoms with Crippen molar-refractivity contribution in [2.45, 2.75) is 13.0 Å². The Balaban J connectivity index is 1.79. The normalized spacial score (nSPS) is 11.3. The van der Waals surface area contributed by atoms with Crippen LogP contribution in [0.3, 0.4) is 0 Å². The highest BCUT2D eigenvalue weighted by Gasteiger charge is 2.25. The van der Waals surface area contributed by atoms with E-state index in [-0.39, 0.29) is 28.9 Å². The Morgan fingerprint density at radius 1 is 0.968 bits per heavy atom. The lowest BCUT2D eigenvalue weighted by Crippen LogP contribution is -2.30. The number of carbonyl (C=O) groups is 1. The van der Waals surface area contributed by atoms with Crippen molar-refractivity contribution < 1.29 is 14.6 Å². The Morgan fingerprint density at radius 2 is 1.68 bits per heavy atom. The molecule has 1 unspecified atom stereocenters. The molecule has 1 atom stereocenters. The number of hydrazine groups is 1. The third-order valence-corrected chi connectivity index (χ3v) is 4.27. The van der Waals surface area contributed by atoms with Crippen LogP contribution in [0.15, 0.2) is 60.9 Å². The summed E-state index contributed by atoms with van der Waals surface area (Å²) in [5.41, 5.74) is 4.81. The maximum Gasteiger partial charge on any atom is 0.354 e. The van der Waals surface area contributed by atoms with Crippen molar-refractivity contribution in [3.63, 3.8) is 0 Å². The Bertz CT molecular complexity index is 1120. The summed E-state index contributed by atoms with van der Waals surface area (Å²) in [6.07, 6.45) is 1.11. The van der Waals surface area contributed by atoms with Gasteiger partial charge in [-0.25, -0.2) is 9.97 Å². The van der Waals surface area contributed by atoms with E-state index in [9.17, 15) is 25.0 Å². The van der Waals surface area contributed by atoms with Crippen molar-refractivity contribution in [1.29, 1.82) is 0 Å². The van der Waals surface area contributed by atoms with Crippen molar-refractivity contribution >= 4 is 28.9 Å². The van der Waals surface area contributed by atoms with Crippen molar-refractivity contribution in [2.24, 2.45) is 0 Å². The van der Waals surface area contributed by atoms with Crippen LogP contribution in [-0.4, -0.2) is 25.7 Å². The summed E-state index contributed by atoms with van der Waals surface area (Å²) in [7, 11) is 0. The molecule has 1 heterocycles. The lowest BCUT2D eigenvalue weighted by Gasteiger charge is -2.16. The summed E-state index contributed by atoms with van der Waals surface area (Å²) in [6, 6.07) is 14.0. The molecule has 3 aromatic rings. The zero-order valence-corrected chi connectivity index (χ0v) is 16.2. The number of amides is 1. The predicted octanol–water partition coefficient (Wildman–Crippen LogP) is 3.22. The number of anilines is 2. The Labute approximate surface area is 175 Å². The molecule has 0 radical (unpaired) electrons. The van der Waals surface area contributed by atoms with Gasteiger partial charge in [-0.15, -0.1) is 0 Å². The van der Waals surface area contributed by atoms with Crippen LogP contribution in [0.2, 0.25) is 0 Å². The molecule has 3 rings (SSSR count). The van der Waals surface area contributed by atoms with Crippen molar-refractivity contribution in [1.82, 2.24) is 15.4 Å². The molecule has 3 N–H and O–H groups in total. The fraction of sp³-hybridized carbons (Fsp3) is 0.105. The average Bonchev–Trinajstić information content (AvgIpc) is 2.77. The van der Waals surface area contributed by atoms with Crippen molar-refractivity contribution in [3.8, 4) is 0 Å². The standard InChI is InChI=1S/C19H17N7O5/c1-12(13-6-3-2-4-7-13)22-17-16(26(30)31)18(21-11-20-17)23-24-19(27)14-8-5-9-15(10-14)25(28)29/h2-12H,1H3,(H,24,27)(H2,20,21,22,23). The molecule has 0 aliphatic carbocycles. The number of carbonyl (C=O) groups excluding carboxylic acids is 1. The number of hydrogen-bond donors (Lipinski definition) is 3. The SMILES string of the molecule is CC(Nc1ncnc(NNC(=O)c2cccc([N+](=O)[O-])c2)c1[N+](=O)[O-])c1ccccc1. The minimum Gasteiger partial charge on any atom is -0.358 e. The highest BCUT2D eigenvalue weighted by Crippen LogP contribution is 2.31. The molecule has 0 saturated heterocycles. The van der Waals surface area contributed by atoms with E-state index in [4.69, 9.17) is 0 Å². The molecule has 12 nitrogen and oxygen atoms in total. The summed E-state index contributed by atoms with van der Waals surface area (Å²) in [5, 5.41) is 25.5. The predicted molar refractivity (Wildman–Crippen MR) is 111 cm³/mol. The highest BCUT2D eigenvalue weighted by molar-refractivity contribution is 5.95. The first kappa shape index (κ1) is 21.1. The zero-order chi connectivity index (χ0) is 22.4. The summed E-state index contributed by atoms with van der Waals surface area (Å²) < 4.78 is 0. The number of nitro benzene ring substituents is 1. The largest absolute Gasteiger partial charge is 0.358 e. The van der Waals surface area contributed by atoms with Crippen LogP contribution in [0.25, 0.3) is 0 Å². The summed E-state index contributed by atoms with van der Waals surface area (Å²) in [4.78, 5) is 41.3. The average molecular weight is 423 g/mol. The van der Waals surface area contributed by atoms with Crippen LogP contribution in [0.1, 0.15) is 28.9 Å². The van der Waals surface area contributed by atoms with E-state index in [1.807, 2.05) is 37.3 Å². The third-order valence-electron chi connectivity index (χ3n) is 4.27. The molecular formula is C19H17N7O5. The molecule has 0 fully saturated rings. The monoisotopic (exact) mass is 423 g/mol. The van der Waals surface area contributed by atoms with Crippen LogP contribution in [0, 0.1) is 20.2 Å². The second-order valence-electron chi connectivity index (χ2n) is 6.34. The maximum absolute atomic E-state index is 12.3. The summed E-state index contributed by atoms with van der Waals surface area (Å²) in [5.74, 6) is -1.02. The molecule has 1 aromatic heterocycles. The molecule has 158 valence electrons. The summed E-state index contributed by atoms with van der Waals surface area (Å²) in [6.45, 7) is 1.82. The van der Waals surface area contributed by atoms with Crippen LogP contribution in [0.4, 0.5) is 23.0 Å². The van der Waals surface area contributed by atoms with Gasteiger partial charge in [0.1, 0.15) is 6.33 Å². The number of nitro groups is 2. The molecule has 2 aromatic carbocycles. The van der Waals surface area contributed by atoms with Crippen LogP contribution >= 0.6 is 0 Å². The molecule has 0 saturated carbocycles. The van der Waals surface area contributed by atoms with E-state index in [1.54, 1.807) is 0 Å². The molecule has 0 aliphatic rings. The lowest BCUT2D eigenvalue weighted by atomic mass is 10.1. The van der Waals surface area contributed by atoms with Gasteiger partial charge in [0.05, 0.1) is 15.9 Å². The minimum absolute atomic E-state index is 0.00513. The van der Waals surface area contributed by atoms with Crippen molar-refractivity contribution in [2.75, 3.05) is 10.7 Å². The first-order valence-electron chi connectivity index (χ1n) is 8.98. The topological polar surface area (TPSA) is 165 Å². The van der Waals surface area contributed by atoms with Gasteiger partial charge in [0.2, 0.25) is 11.6 Å². The number of non-ortho nitro benzene ring substituents is 1. The van der Waals surface area contributed by atoms with E-state index in [1.165, 1.54) is 18.2 Å². The smallest absolute Gasteiger partial charge is 0.354 e. The molecule has 0 aliphatic heterocycles. The van der Waals surface area contributed by atoms with Gasteiger partial charge in [0.25, 0.3) is 11.6 Å². The van der Waals surface area contributed by atoms with Crippen LogP contribution < -0.4 is 16.2 Å². The summed E-state index contributed by atoms with van der Waals surface area (Å²) >= 11 is 0. The quantitative estimate of drug-likeness (QED) is 0.364. The molecule has 12 heteroatoms. The Kier molecular flexibility index (Phi) is 6.30. The van der Waals surface area contributed by atoms with E-state index in [0.717, 1.165) is 18.0 Å². The lowest BCUT2D eigenvalue weighted by molar-refractivity contribution is -0.384. The van der Waals surface area contributed by atoms with Crippen molar-refractivity contribution in [3.05, 3.63) is 92.3 Å². The third kappa shape index (κ3) is 5.06. The van der Waals surface area contributed by atoms with Crippen LogP contribution in [0.5, 0.6) is 0 Å². The molecule has 0 spiro atoms. The number of benzene rings is 2. The molecule has 0 bridgehead atoms. The van der Waals surface area contributed by atoms with Crippen LogP contribution in [-0.2, 0) is 0 Å². The first-order valence-corrected chi connectivity index (χ1v) is 8.98.